The van der Waals surface area contributed by atoms with Crippen molar-refractivity contribution in [3.05, 3.63) is 107 Å². The minimum atomic E-state index is -1.73. The summed E-state index contributed by atoms with van der Waals surface area (Å²) in [5.41, 5.74) is 0.323. The Bertz CT molecular complexity index is 1210. The van der Waals surface area contributed by atoms with Gasteiger partial charge in [-0.25, -0.2) is 0 Å². The van der Waals surface area contributed by atoms with Gasteiger partial charge in [0.2, 0.25) is 0 Å². The predicted octanol–water partition coefficient (Wildman–Crippen LogP) is 4.87. The zero-order valence-electron chi connectivity index (χ0n) is 19.8. The molecule has 0 saturated heterocycles. The van der Waals surface area contributed by atoms with Crippen LogP contribution in [0, 0.1) is 11.8 Å². The van der Waals surface area contributed by atoms with Gasteiger partial charge in [-0.05, 0) is 35.7 Å². The normalized spacial score (nSPS) is 23.6. The second-order valence-electron chi connectivity index (χ2n) is 9.22. The van der Waals surface area contributed by atoms with Crippen LogP contribution >= 0.6 is 11.6 Å². The summed E-state index contributed by atoms with van der Waals surface area (Å²) in [6, 6.07) is 24.8. The number of halogens is 1. The van der Waals surface area contributed by atoms with E-state index in [-0.39, 0.29) is 19.6 Å². The van der Waals surface area contributed by atoms with Gasteiger partial charge in [-0.15, -0.1) is 0 Å². The van der Waals surface area contributed by atoms with Crippen molar-refractivity contribution in [3.8, 4) is 0 Å². The average Bonchev–Trinajstić information content (AvgIpc) is 2.86. The highest BCUT2D eigenvalue weighted by Crippen LogP contribution is 2.47. The maximum absolute atomic E-state index is 13.4. The SMILES string of the molecule is C[C@]1(O)CC(=O)[C@H](C(=O)OCc2ccccc2)[C@H](c2ccc(Cl)cc2)[C@H]1C(=O)OCc1ccccc1. The summed E-state index contributed by atoms with van der Waals surface area (Å²) in [6.45, 7) is 1.40. The highest BCUT2D eigenvalue weighted by Gasteiger charge is 2.57. The number of esters is 2. The van der Waals surface area contributed by atoms with E-state index in [1.54, 1.807) is 36.4 Å². The molecule has 7 heteroatoms. The number of hydrogen-bond acceptors (Lipinski definition) is 6. The fourth-order valence-electron chi connectivity index (χ4n) is 4.74. The maximum Gasteiger partial charge on any atom is 0.317 e. The summed E-state index contributed by atoms with van der Waals surface area (Å²) in [4.78, 5) is 39.9. The first-order valence-electron chi connectivity index (χ1n) is 11.7. The summed E-state index contributed by atoms with van der Waals surface area (Å²) in [5.74, 6) is -5.41. The number of carbonyl (C=O) groups is 3. The lowest BCUT2D eigenvalue weighted by Gasteiger charge is -2.43. The molecule has 1 fully saturated rings. The highest BCUT2D eigenvalue weighted by atomic mass is 35.5. The Hall–Kier alpha value is -3.48. The molecular formula is C29H27ClO6. The summed E-state index contributed by atoms with van der Waals surface area (Å²) >= 11 is 6.07. The molecule has 4 rings (SSSR count). The van der Waals surface area contributed by atoms with Crippen molar-refractivity contribution >= 4 is 29.3 Å². The lowest BCUT2D eigenvalue weighted by atomic mass is 9.62. The van der Waals surface area contributed by atoms with Gasteiger partial charge in [0.05, 0.1) is 11.5 Å². The standard InChI is InChI=1S/C29H27ClO6/c1-29(34)16-23(31)25(27(32)35-17-19-8-4-2-5-9-19)24(21-12-14-22(30)15-13-21)26(29)28(33)36-18-20-10-6-3-7-11-20/h2-15,24-26,34H,16-18H2,1H3/t24-,25-,26-,29-/m0/s1. The molecule has 0 spiro atoms. The van der Waals surface area contributed by atoms with Gasteiger partial charge < -0.3 is 14.6 Å². The first-order chi connectivity index (χ1) is 17.3. The van der Waals surface area contributed by atoms with Crippen LogP contribution in [0.1, 0.15) is 36.0 Å². The molecule has 0 aromatic heterocycles. The topological polar surface area (TPSA) is 89.9 Å². The second-order valence-corrected chi connectivity index (χ2v) is 9.66. The summed E-state index contributed by atoms with van der Waals surface area (Å²) in [5, 5.41) is 11.7. The Labute approximate surface area is 214 Å². The maximum atomic E-state index is 13.4. The Morgan fingerprint density at radius 2 is 1.36 bits per heavy atom. The number of ether oxygens (including phenoxy) is 2. The van der Waals surface area contributed by atoms with Crippen molar-refractivity contribution in [2.24, 2.45) is 11.8 Å². The van der Waals surface area contributed by atoms with E-state index < -0.39 is 41.1 Å². The molecule has 4 atom stereocenters. The highest BCUT2D eigenvalue weighted by molar-refractivity contribution is 6.30. The van der Waals surface area contributed by atoms with Crippen LogP contribution in [-0.2, 0) is 37.1 Å². The van der Waals surface area contributed by atoms with E-state index in [2.05, 4.69) is 0 Å². The quantitative estimate of drug-likeness (QED) is 0.363. The van der Waals surface area contributed by atoms with E-state index in [1.165, 1.54) is 6.92 Å². The van der Waals surface area contributed by atoms with Crippen molar-refractivity contribution in [2.45, 2.75) is 38.1 Å². The molecule has 1 aliphatic rings. The van der Waals surface area contributed by atoms with Gasteiger partial charge in [0.15, 0.2) is 5.78 Å². The predicted molar refractivity (Wildman–Crippen MR) is 134 cm³/mol. The Morgan fingerprint density at radius 3 is 1.89 bits per heavy atom. The zero-order valence-corrected chi connectivity index (χ0v) is 20.6. The fraction of sp³-hybridized carbons (Fsp3) is 0.276. The van der Waals surface area contributed by atoms with Crippen molar-refractivity contribution < 1.29 is 29.0 Å². The van der Waals surface area contributed by atoms with Crippen LogP contribution in [0.5, 0.6) is 0 Å². The van der Waals surface area contributed by atoms with Crippen LogP contribution in [0.4, 0.5) is 0 Å². The van der Waals surface area contributed by atoms with Crippen LogP contribution in [0.15, 0.2) is 84.9 Å². The molecule has 0 unspecified atom stereocenters. The molecule has 6 nitrogen and oxygen atoms in total. The number of hydrogen-bond donors (Lipinski definition) is 1. The van der Waals surface area contributed by atoms with Gasteiger partial charge in [-0.1, -0.05) is 84.4 Å². The second kappa shape index (κ2) is 11.1. The summed E-state index contributed by atoms with van der Waals surface area (Å²) in [6.07, 6.45) is -0.382. The van der Waals surface area contributed by atoms with E-state index in [0.29, 0.717) is 10.6 Å². The van der Waals surface area contributed by atoms with E-state index in [4.69, 9.17) is 21.1 Å². The molecule has 186 valence electrons. The van der Waals surface area contributed by atoms with Crippen LogP contribution in [0.2, 0.25) is 5.02 Å². The molecule has 0 radical (unpaired) electrons. The Balaban J connectivity index is 1.66. The monoisotopic (exact) mass is 506 g/mol. The van der Waals surface area contributed by atoms with Gasteiger partial charge >= 0.3 is 11.9 Å². The molecule has 3 aromatic carbocycles. The molecule has 0 heterocycles. The largest absolute Gasteiger partial charge is 0.461 e. The lowest BCUT2D eigenvalue weighted by Crippen LogP contribution is -2.55. The van der Waals surface area contributed by atoms with Crippen molar-refractivity contribution in [1.82, 2.24) is 0 Å². The third kappa shape index (κ3) is 5.83. The lowest BCUT2D eigenvalue weighted by molar-refractivity contribution is -0.174. The fourth-order valence-corrected chi connectivity index (χ4v) is 4.86. The zero-order chi connectivity index (χ0) is 25.7. The number of ketones is 1. The van der Waals surface area contributed by atoms with Crippen LogP contribution in [-0.4, -0.2) is 28.4 Å². The summed E-state index contributed by atoms with van der Waals surface area (Å²) < 4.78 is 11.1. The molecule has 0 bridgehead atoms. The Kier molecular flexibility index (Phi) is 7.87. The van der Waals surface area contributed by atoms with E-state index in [1.807, 2.05) is 48.5 Å². The molecule has 0 aliphatic heterocycles. The third-order valence-electron chi connectivity index (χ3n) is 6.48. The molecule has 1 aliphatic carbocycles. The molecule has 0 amide bonds. The Morgan fingerprint density at radius 1 is 0.861 bits per heavy atom. The molecule has 36 heavy (non-hydrogen) atoms. The number of rotatable bonds is 7. The van der Waals surface area contributed by atoms with E-state index in [0.717, 1.165) is 11.1 Å². The van der Waals surface area contributed by atoms with Gasteiger partial charge in [-0.2, -0.15) is 0 Å². The van der Waals surface area contributed by atoms with Crippen molar-refractivity contribution in [3.63, 3.8) is 0 Å². The van der Waals surface area contributed by atoms with E-state index in [9.17, 15) is 19.5 Å². The van der Waals surface area contributed by atoms with Crippen molar-refractivity contribution in [1.29, 1.82) is 0 Å². The van der Waals surface area contributed by atoms with Gasteiger partial charge in [-0.3, -0.25) is 14.4 Å². The molecule has 3 aromatic rings. The first-order valence-corrected chi connectivity index (χ1v) is 12.1. The third-order valence-corrected chi connectivity index (χ3v) is 6.73. The van der Waals surface area contributed by atoms with E-state index >= 15 is 0 Å². The number of carbonyl (C=O) groups excluding carboxylic acids is 3. The van der Waals surface area contributed by atoms with Crippen molar-refractivity contribution in [2.75, 3.05) is 0 Å². The first kappa shape index (κ1) is 25.6. The molecule has 1 N–H and O–H groups in total. The van der Waals surface area contributed by atoms with Crippen LogP contribution in [0.3, 0.4) is 0 Å². The molecule has 1 saturated carbocycles. The smallest absolute Gasteiger partial charge is 0.317 e. The number of aliphatic hydroxyl groups is 1. The van der Waals surface area contributed by atoms with Crippen LogP contribution in [0.25, 0.3) is 0 Å². The number of Topliss-reactive ketones (excluding diaryl/α,β-unsaturated/α-hetero) is 1. The van der Waals surface area contributed by atoms with Crippen LogP contribution < -0.4 is 0 Å². The number of benzene rings is 3. The molecular weight excluding hydrogens is 480 g/mol. The van der Waals surface area contributed by atoms with Gasteiger partial charge in [0.25, 0.3) is 0 Å². The minimum absolute atomic E-state index is 0.00332. The average molecular weight is 507 g/mol. The summed E-state index contributed by atoms with van der Waals surface area (Å²) in [7, 11) is 0. The van der Waals surface area contributed by atoms with Gasteiger partial charge in [0.1, 0.15) is 19.1 Å². The van der Waals surface area contributed by atoms with Gasteiger partial charge in [0, 0.05) is 17.4 Å². The minimum Gasteiger partial charge on any atom is -0.461 e.